The molecule has 0 aliphatic carbocycles. The Labute approximate surface area is 103 Å². The van der Waals surface area contributed by atoms with E-state index in [1.165, 1.54) is 6.07 Å². The maximum absolute atomic E-state index is 13.9. The van der Waals surface area contributed by atoms with E-state index in [2.05, 4.69) is 13.8 Å². The minimum atomic E-state index is -0.248. The molecule has 0 aliphatic heterocycles. The van der Waals surface area contributed by atoms with Crippen molar-refractivity contribution < 1.29 is 9.50 Å². The molecule has 1 N–H and O–H groups in total. The second-order valence-electron chi connectivity index (χ2n) is 4.50. The fourth-order valence-corrected chi connectivity index (χ4v) is 1.81. The first-order valence-corrected chi connectivity index (χ1v) is 6.26. The molecule has 1 rings (SSSR count). The summed E-state index contributed by atoms with van der Waals surface area (Å²) in [6.07, 6.45) is 1.09. The van der Waals surface area contributed by atoms with Gasteiger partial charge in [-0.25, -0.2) is 4.39 Å². The molecular formula is C14H22FNO. The lowest BCUT2D eigenvalue weighted by Crippen LogP contribution is -2.28. The Morgan fingerprint density at radius 1 is 1.35 bits per heavy atom. The van der Waals surface area contributed by atoms with Gasteiger partial charge in [-0.05, 0) is 30.5 Å². The van der Waals surface area contributed by atoms with Crippen molar-refractivity contribution in [1.29, 1.82) is 0 Å². The third-order valence-corrected chi connectivity index (χ3v) is 3.15. The van der Waals surface area contributed by atoms with E-state index in [1.54, 1.807) is 12.1 Å². The Bertz CT molecular complexity index is 354. The molecule has 1 unspecified atom stereocenters. The SMILES string of the molecule is CCC(C)CN(CC)c1ccc(CO)cc1F. The summed E-state index contributed by atoms with van der Waals surface area (Å²) in [4.78, 5) is 2.05. The van der Waals surface area contributed by atoms with Gasteiger partial charge in [0.15, 0.2) is 0 Å². The van der Waals surface area contributed by atoms with E-state index >= 15 is 0 Å². The summed E-state index contributed by atoms with van der Waals surface area (Å²) < 4.78 is 13.9. The molecular weight excluding hydrogens is 217 g/mol. The van der Waals surface area contributed by atoms with Crippen LogP contribution >= 0.6 is 0 Å². The zero-order valence-electron chi connectivity index (χ0n) is 10.9. The van der Waals surface area contributed by atoms with Gasteiger partial charge in [0.1, 0.15) is 5.82 Å². The zero-order valence-corrected chi connectivity index (χ0v) is 10.9. The van der Waals surface area contributed by atoms with Gasteiger partial charge in [-0.15, -0.1) is 0 Å². The van der Waals surface area contributed by atoms with E-state index in [0.717, 1.165) is 19.5 Å². The van der Waals surface area contributed by atoms with Crippen molar-refractivity contribution >= 4 is 5.69 Å². The molecule has 0 amide bonds. The number of benzene rings is 1. The van der Waals surface area contributed by atoms with Gasteiger partial charge < -0.3 is 10.0 Å². The average Bonchev–Trinajstić information content (AvgIpc) is 2.35. The van der Waals surface area contributed by atoms with Gasteiger partial charge in [-0.3, -0.25) is 0 Å². The highest BCUT2D eigenvalue weighted by Gasteiger charge is 2.12. The highest BCUT2D eigenvalue weighted by Crippen LogP contribution is 2.22. The summed E-state index contributed by atoms with van der Waals surface area (Å²) in [5.41, 5.74) is 1.25. The molecule has 0 fully saturated rings. The molecule has 0 saturated heterocycles. The summed E-state index contributed by atoms with van der Waals surface area (Å²) in [7, 11) is 0. The van der Waals surface area contributed by atoms with Crippen LogP contribution in [0.25, 0.3) is 0 Å². The quantitative estimate of drug-likeness (QED) is 0.824. The topological polar surface area (TPSA) is 23.5 Å². The van der Waals surface area contributed by atoms with Crippen LogP contribution in [0.2, 0.25) is 0 Å². The number of aliphatic hydroxyl groups excluding tert-OH is 1. The van der Waals surface area contributed by atoms with Crippen LogP contribution in [0.15, 0.2) is 18.2 Å². The molecule has 2 nitrogen and oxygen atoms in total. The summed E-state index contributed by atoms with van der Waals surface area (Å²) in [6.45, 7) is 7.88. The van der Waals surface area contributed by atoms with E-state index in [9.17, 15) is 4.39 Å². The molecule has 0 bridgehead atoms. The third kappa shape index (κ3) is 3.70. The lowest BCUT2D eigenvalue weighted by molar-refractivity contribution is 0.281. The second kappa shape index (κ2) is 6.60. The number of nitrogens with zero attached hydrogens (tertiary/aromatic N) is 1. The zero-order chi connectivity index (χ0) is 12.8. The molecule has 0 aromatic heterocycles. The van der Waals surface area contributed by atoms with Crippen LogP contribution in [0.1, 0.15) is 32.8 Å². The van der Waals surface area contributed by atoms with Crippen LogP contribution in [-0.2, 0) is 6.61 Å². The van der Waals surface area contributed by atoms with Crippen molar-refractivity contribution in [3.63, 3.8) is 0 Å². The number of hydrogen-bond donors (Lipinski definition) is 1. The van der Waals surface area contributed by atoms with E-state index in [-0.39, 0.29) is 12.4 Å². The molecule has 17 heavy (non-hydrogen) atoms. The smallest absolute Gasteiger partial charge is 0.146 e. The number of anilines is 1. The fourth-order valence-electron chi connectivity index (χ4n) is 1.81. The molecule has 1 atom stereocenters. The predicted octanol–water partition coefficient (Wildman–Crippen LogP) is 3.19. The van der Waals surface area contributed by atoms with E-state index in [4.69, 9.17) is 5.11 Å². The molecule has 0 aliphatic rings. The second-order valence-corrected chi connectivity index (χ2v) is 4.50. The van der Waals surface area contributed by atoms with Crippen LogP contribution in [0.4, 0.5) is 10.1 Å². The maximum Gasteiger partial charge on any atom is 0.146 e. The normalized spacial score (nSPS) is 12.5. The number of halogens is 1. The van der Waals surface area contributed by atoms with Crippen molar-refractivity contribution in [2.24, 2.45) is 5.92 Å². The molecule has 3 heteroatoms. The van der Waals surface area contributed by atoms with Gasteiger partial charge >= 0.3 is 0 Å². The van der Waals surface area contributed by atoms with E-state index in [1.807, 2.05) is 11.8 Å². The van der Waals surface area contributed by atoms with Gasteiger partial charge in [0.25, 0.3) is 0 Å². The molecule has 0 saturated carbocycles. The largest absolute Gasteiger partial charge is 0.392 e. The lowest BCUT2D eigenvalue weighted by atomic mass is 10.1. The minimum absolute atomic E-state index is 0.116. The molecule has 1 aromatic carbocycles. The van der Waals surface area contributed by atoms with Crippen LogP contribution in [0, 0.1) is 11.7 Å². The number of hydrogen-bond acceptors (Lipinski definition) is 2. The highest BCUT2D eigenvalue weighted by atomic mass is 19.1. The summed E-state index contributed by atoms with van der Waals surface area (Å²) >= 11 is 0. The molecule has 0 spiro atoms. The number of aliphatic hydroxyl groups is 1. The Balaban J connectivity index is 2.88. The van der Waals surface area contributed by atoms with Crippen LogP contribution < -0.4 is 4.90 Å². The first-order valence-electron chi connectivity index (χ1n) is 6.26. The molecule has 0 radical (unpaired) electrons. The summed E-state index contributed by atoms with van der Waals surface area (Å²) in [5, 5.41) is 8.95. The van der Waals surface area contributed by atoms with Crippen molar-refractivity contribution in [3.05, 3.63) is 29.6 Å². The van der Waals surface area contributed by atoms with E-state index in [0.29, 0.717) is 17.2 Å². The first kappa shape index (κ1) is 14.0. The maximum atomic E-state index is 13.9. The molecule has 96 valence electrons. The average molecular weight is 239 g/mol. The first-order chi connectivity index (χ1) is 8.12. The predicted molar refractivity (Wildman–Crippen MR) is 69.7 cm³/mol. The van der Waals surface area contributed by atoms with Crippen LogP contribution in [0.5, 0.6) is 0 Å². The molecule has 0 heterocycles. The third-order valence-electron chi connectivity index (χ3n) is 3.15. The number of rotatable bonds is 6. The van der Waals surface area contributed by atoms with Gasteiger partial charge in [0.05, 0.1) is 12.3 Å². The van der Waals surface area contributed by atoms with Gasteiger partial charge in [0, 0.05) is 13.1 Å². The van der Waals surface area contributed by atoms with Crippen molar-refractivity contribution in [3.8, 4) is 0 Å². The highest BCUT2D eigenvalue weighted by molar-refractivity contribution is 5.49. The summed E-state index contributed by atoms with van der Waals surface area (Å²) in [5.74, 6) is 0.300. The van der Waals surface area contributed by atoms with Crippen molar-refractivity contribution in [1.82, 2.24) is 0 Å². The molecule has 1 aromatic rings. The van der Waals surface area contributed by atoms with Gasteiger partial charge in [-0.1, -0.05) is 26.3 Å². The standard InChI is InChI=1S/C14H22FNO/c1-4-11(3)9-16(5-2)14-7-6-12(10-17)8-13(14)15/h6-8,11,17H,4-5,9-10H2,1-3H3. The lowest BCUT2D eigenvalue weighted by Gasteiger charge is -2.26. The minimum Gasteiger partial charge on any atom is -0.392 e. The summed E-state index contributed by atoms with van der Waals surface area (Å²) in [6, 6.07) is 4.94. The Hall–Kier alpha value is -1.09. The van der Waals surface area contributed by atoms with Gasteiger partial charge in [0.2, 0.25) is 0 Å². The van der Waals surface area contributed by atoms with Crippen LogP contribution in [0.3, 0.4) is 0 Å². The monoisotopic (exact) mass is 239 g/mol. The van der Waals surface area contributed by atoms with Crippen molar-refractivity contribution in [2.75, 3.05) is 18.0 Å². The Morgan fingerprint density at radius 2 is 2.06 bits per heavy atom. The Kier molecular flexibility index (Phi) is 5.42. The Morgan fingerprint density at radius 3 is 2.53 bits per heavy atom. The van der Waals surface area contributed by atoms with Gasteiger partial charge in [-0.2, -0.15) is 0 Å². The van der Waals surface area contributed by atoms with Crippen molar-refractivity contribution in [2.45, 2.75) is 33.8 Å². The fraction of sp³-hybridized carbons (Fsp3) is 0.571. The van der Waals surface area contributed by atoms with Crippen LogP contribution in [-0.4, -0.2) is 18.2 Å². The van der Waals surface area contributed by atoms with E-state index < -0.39 is 0 Å².